The van der Waals surface area contributed by atoms with Gasteiger partial charge in [0.2, 0.25) is 5.89 Å². The Morgan fingerprint density at radius 1 is 1.48 bits per heavy atom. The molecule has 2 aromatic rings. The Morgan fingerprint density at radius 3 is 2.86 bits per heavy atom. The second-order valence-corrected chi connectivity index (χ2v) is 5.73. The molecule has 0 bridgehead atoms. The van der Waals surface area contributed by atoms with Gasteiger partial charge in [0.1, 0.15) is 0 Å². The second kappa shape index (κ2) is 5.81. The van der Waals surface area contributed by atoms with E-state index in [0.29, 0.717) is 23.4 Å². The van der Waals surface area contributed by atoms with Crippen molar-refractivity contribution in [1.29, 1.82) is 0 Å². The molecule has 0 spiro atoms. The average Bonchev–Trinajstić information content (AvgIpc) is 3.06. The van der Waals surface area contributed by atoms with E-state index >= 15 is 0 Å². The minimum Gasteiger partial charge on any atom is -0.409 e. The minimum atomic E-state index is -0.0203. The van der Waals surface area contributed by atoms with E-state index in [1.54, 1.807) is 24.3 Å². The molecule has 1 amide bonds. The van der Waals surface area contributed by atoms with Gasteiger partial charge in [-0.25, -0.2) is 5.10 Å². The van der Waals surface area contributed by atoms with Crippen molar-refractivity contribution < 1.29 is 9.21 Å². The van der Waals surface area contributed by atoms with Gasteiger partial charge in [0, 0.05) is 17.2 Å². The number of carbonyl (C=O) groups excluding carboxylic acids is 1. The van der Waals surface area contributed by atoms with Crippen LogP contribution in [-0.4, -0.2) is 22.1 Å². The third kappa shape index (κ3) is 3.21. The van der Waals surface area contributed by atoms with Crippen LogP contribution in [0.5, 0.6) is 0 Å². The number of nitrogens with one attached hydrogen (secondary N) is 2. The van der Waals surface area contributed by atoms with Gasteiger partial charge in [-0.3, -0.25) is 4.79 Å². The lowest BCUT2D eigenvalue weighted by atomic mass is 10.1. The Kier molecular flexibility index (Phi) is 3.88. The highest BCUT2D eigenvalue weighted by atomic mass is 32.1. The van der Waals surface area contributed by atoms with Crippen LogP contribution in [0.4, 0.5) is 0 Å². The highest BCUT2D eigenvalue weighted by Gasteiger charge is 2.37. The molecule has 0 aliphatic heterocycles. The quantitative estimate of drug-likeness (QED) is 0.831. The fourth-order valence-corrected chi connectivity index (χ4v) is 2.61. The lowest BCUT2D eigenvalue weighted by Crippen LogP contribution is -2.26. The van der Waals surface area contributed by atoms with E-state index in [2.05, 4.69) is 22.4 Å². The van der Waals surface area contributed by atoms with Gasteiger partial charge >= 0.3 is 0 Å². The van der Waals surface area contributed by atoms with Gasteiger partial charge in [0.15, 0.2) is 0 Å². The smallest absolute Gasteiger partial charge is 0.284 e. The number of aromatic amines is 1. The van der Waals surface area contributed by atoms with Crippen molar-refractivity contribution in [2.24, 2.45) is 5.92 Å². The Balaban J connectivity index is 1.64. The van der Waals surface area contributed by atoms with E-state index in [-0.39, 0.29) is 10.7 Å². The summed E-state index contributed by atoms with van der Waals surface area (Å²) >= 11 is 4.84. The number of carbonyl (C=O) groups is 1. The third-order valence-electron chi connectivity index (χ3n) is 3.73. The maximum Gasteiger partial charge on any atom is 0.284 e. The molecule has 2 atom stereocenters. The first-order valence-corrected chi connectivity index (χ1v) is 7.55. The molecule has 2 N–H and O–H groups in total. The topological polar surface area (TPSA) is 70.9 Å². The van der Waals surface area contributed by atoms with Gasteiger partial charge in [0.05, 0.1) is 0 Å². The van der Waals surface area contributed by atoms with Crippen molar-refractivity contribution in [3.63, 3.8) is 0 Å². The molecule has 1 aromatic carbocycles. The average molecular weight is 303 g/mol. The monoisotopic (exact) mass is 303 g/mol. The van der Waals surface area contributed by atoms with Crippen LogP contribution in [0.25, 0.3) is 11.5 Å². The molecule has 1 saturated carbocycles. The Bertz CT molecular complexity index is 689. The van der Waals surface area contributed by atoms with E-state index in [9.17, 15) is 4.79 Å². The number of benzene rings is 1. The summed E-state index contributed by atoms with van der Waals surface area (Å²) in [5.74, 6) is 1.07. The SMILES string of the molecule is CCC[C@H]1C[C@H]1NC(=O)c1ccc(-c2n[nH]c(=S)o2)cc1. The number of hydrogen-bond donors (Lipinski definition) is 2. The maximum atomic E-state index is 12.1. The predicted molar refractivity (Wildman–Crippen MR) is 81.4 cm³/mol. The second-order valence-electron chi connectivity index (χ2n) is 5.36. The fourth-order valence-electron chi connectivity index (χ4n) is 2.48. The normalized spacial score (nSPS) is 20.2. The van der Waals surface area contributed by atoms with E-state index in [1.807, 2.05) is 0 Å². The highest BCUT2D eigenvalue weighted by Crippen LogP contribution is 2.34. The van der Waals surface area contributed by atoms with E-state index in [4.69, 9.17) is 16.6 Å². The molecular weight excluding hydrogens is 286 g/mol. The number of aromatic nitrogens is 2. The first-order chi connectivity index (χ1) is 10.2. The molecule has 1 aliphatic rings. The van der Waals surface area contributed by atoms with Crippen molar-refractivity contribution in [2.45, 2.75) is 32.2 Å². The third-order valence-corrected chi connectivity index (χ3v) is 3.91. The predicted octanol–water partition coefficient (Wildman–Crippen LogP) is 3.32. The number of hydrogen-bond acceptors (Lipinski definition) is 4. The Labute approximate surface area is 127 Å². The van der Waals surface area contributed by atoms with Crippen molar-refractivity contribution in [2.75, 3.05) is 0 Å². The zero-order valence-corrected chi connectivity index (χ0v) is 12.6. The van der Waals surface area contributed by atoms with E-state index in [0.717, 1.165) is 12.0 Å². The van der Waals surface area contributed by atoms with Crippen LogP contribution in [0.15, 0.2) is 28.7 Å². The van der Waals surface area contributed by atoms with E-state index in [1.165, 1.54) is 12.8 Å². The van der Waals surface area contributed by atoms with Gasteiger partial charge in [-0.1, -0.05) is 13.3 Å². The first-order valence-electron chi connectivity index (χ1n) is 7.14. The molecular formula is C15H17N3O2S. The molecule has 6 heteroatoms. The highest BCUT2D eigenvalue weighted by molar-refractivity contribution is 7.71. The van der Waals surface area contributed by atoms with E-state index < -0.39 is 0 Å². The maximum absolute atomic E-state index is 12.1. The standard InChI is InChI=1S/C15H17N3O2S/c1-2-3-11-8-12(11)16-13(19)9-4-6-10(7-5-9)14-17-18-15(21)20-14/h4-7,11-12H,2-3,8H2,1H3,(H,16,19)(H,18,21)/t11-,12+/m0/s1. The molecule has 110 valence electrons. The van der Waals surface area contributed by atoms with Crippen molar-refractivity contribution in [3.8, 4) is 11.5 Å². The molecule has 21 heavy (non-hydrogen) atoms. The Hall–Kier alpha value is -1.95. The molecule has 1 aliphatic carbocycles. The summed E-state index contributed by atoms with van der Waals surface area (Å²) in [5.41, 5.74) is 1.43. The molecule has 5 nitrogen and oxygen atoms in total. The van der Waals surface area contributed by atoms with Gasteiger partial charge < -0.3 is 9.73 Å². The molecule has 3 rings (SSSR count). The van der Waals surface area contributed by atoms with Crippen molar-refractivity contribution in [3.05, 3.63) is 34.7 Å². The van der Waals surface area contributed by atoms with Crippen LogP contribution in [0.1, 0.15) is 36.5 Å². The van der Waals surface area contributed by atoms with Crippen LogP contribution >= 0.6 is 12.2 Å². The number of amides is 1. The lowest BCUT2D eigenvalue weighted by Gasteiger charge is -2.05. The van der Waals surface area contributed by atoms with Crippen LogP contribution in [0.2, 0.25) is 0 Å². The summed E-state index contributed by atoms with van der Waals surface area (Å²) in [6.45, 7) is 2.17. The van der Waals surface area contributed by atoms with Crippen LogP contribution < -0.4 is 5.32 Å². The zero-order valence-electron chi connectivity index (χ0n) is 11.8. The van der Waals surface area contributed by atoms with Crippen LogP contribution in [0.3, 0.4) is 0 Å². The fraction of sp³-hybridized carbons (Fsp3) is 0.400. The zero-order chi connectivity index (χ0) is 14.8. The number of rotatable bonds is 5. The summed E-state index contributed by atoms with van der Waals surface area (Å²) in [7, 11) is 0. The van der Waals surface area contributed by atoms with Gasteiger partial charge in [-0.05, 0) is 55.2 Å². The van der Waals surface area contributed by atoms with Crippen LogP contribution in [0, 0.1) is 10.8 Å². The summed E-state index contributed by atoms with van der Waals surface area (Å²) < 4.78 is 5.23. The number of nitrogens with zero attached hydrogens (tertiary/aromatic N) is 1. The molecule has 1 heterocycles. The molecule has 0 saturated heterocycles. The van der Waals surface area contributed by atoms with Gasteiger partial charge in [0.25, 0.3) is 10.7 Å². The van der Waals surface area contributed by atoms with Gasteiger partial charge in [-0.2, -0.15) is 0 Å². The number of H-pyrrole nitrogens is 1. The van der Waals surface area contributed by atoms with Crippen molar-refractivity contribution in [1.82, 2.24) is 15.5 Å². The summed E-state index contributed by atoms with van der Waals surface area (Å²) in [6, 6.07) is 7.50. The molecule has 0 radical (unpaired) electrons. The molecule has 0 unspecified atom stereocenters. The summed E-state index contributed by atoms with van der Waals surface area (Å²) in [4.78, 5) is 12.4. The minimum absolute atomic E-state index is 0.0203. The first kappa shape index (κ1) is 14.0. The molecule has 1 fully saturated rings. The lowest BCUT2D eigenvalue weighted by molar-refractivity contribution is 0.0949. The van der Waals surface area contributed by atoms with Gasteiger partial charge in [-0.15, -0.1) is 5.10 Å². The largest absolute Gasteiger partial charge is 0.409 e. The summed E-state index contributed by atoms with van der Waals surface area (Å²) in [6.07, 6.45) is 3.46. The molecule has 1 aromatic heterocycles. The van der Waals surface area contributed by atoms with Crippen molar-refractivity contribution >= 4 is 18.1 Å². The van der Waals surface area contributed by atoms with Crippen LogP contribution in [-0.2, 0) is 0 Å². The Morgan fingerprint density at radius 2 is 2.24 bits per heavy atom. The summed E-state index contributed by atoms with van der Waals surface area (Å²) in [5, 5.41) is 9.60.